The summed E-state index contributed by atoms with van der Waals surface area (Å²) < 4.78 is 45.1. The average molecular weight is 364 g/mol. The van der Waals surface area contributed by atoms with Crippen molar-refractivity contribution in [1.29, 1.82) is 0 Å². The number of carbonyl (C=O) groups is 2. The second-order valence-corrected chi connectivity index (χ2v) is 7.54. The Morgan fingerprint density at radius 3 is 2.24 bits per heavy atom. The molecule has 0 spiro atoms. The molecule has 1 aliphatic carbocycles. The Balaban J connectivity index is 2.30. The molecule has 0 saturated heterocycles. The molecule has 1 amide bonds. The molecule has 0 bridgehead atoms. The van der Waals surface area contributed by atoms with Gasteiger partial charge in [0.2, 0.25) is 0 Å². The van der Waals surface area contributed by atoms with Crippen LogP contribution in [0.15, 0.2) is 5.10 Å². The van der Waals surface area contributed by atoms with Crippen LogP contribution in [0.4, 0.5) is 13.2 Å². The quantitative estimate of drug-likeness (QED) is 0.573. The lowest BCUT2D eigenvalue weighted by Crippen LogP contribution is -2.58. The van der Waals surface area contributed by atoms with Crippen molar-refractivity contribution in [3.8, 4) is 0 Å². The van der Waals surface area contributed by atoms with Crippen molar-refractivity contribution >= 4 is 17.6 Å². The number of hydrazone groups is 1. The first-order valence-corrected chi connectivity index (χ1v) is 8.29. The van der Waals surface area contributed by atoms with Gasteiger partial charge in [0.15, 0.2) is 0 Å². The molecule has 6 nitrogen and oxygen atoms in total. The van der Waals surface area contributed by atoms with E-state index in [-0.39, 0.29) is 16.6 Å². The topological polar surface area (TPSA) is 79.2 Å². The fourth-order valence-corrected chi connectivity index (χ4v) is 3.08. The number of ether oxygens (including phenoxy) is 1. The van der Waals surface area contributed by atoms with Crippen molar-refractivity contribution in [3.63, 3.8) is 0 Å². The average Bonchev–Trinajstić information content (AvgIpc) is 2.84. The van der Waals surface area contributed by atoms with E-state index >= 15 is 0 Å². The van der Waals surface area contributed by atoms with E-state index in [1.54, 1.807) is 0 Å². The van der Waals surface area contributed by atoms with Crippen LogP contribution in [0.1, 0.15) is 59.3 Å². The monoisotopic (exact) mass is 364 g/mol. The van der Waals surface area contributed by atoms with Crippen LogP contribution in [0.5, 0.6) is 0 Å². The summed E-state index contributed by atoms with van der Waals surface area (Å²) >= 11 is 0. The zero-order chi connectivity index (χ0) is 19.0. The normalized spacial score (nSPS) is 25.7. The first kappa shape index (κ1) is 19.7. The van der Waals surface area contributed by atoms with Crippen LogP contribution in [-0.2, 0) is 14.3 Å². The van der Waals surface area contributed by atoms with Crippen LogP contribution in [0.2, 0.25) is 0 Å². The molecule has 25 heavy (non-hydrogen) atoms. The zero-order valence-corrected chi connectivity index (χ0v) is 14.5. The number of amides is 1. The number of nitrogens with zero attached hydrogens (tertiary/aromatic N) is 2. The third-order valence-corrected chi connectivity index (χ3v) is 4.30. The summed E-state index contributed by atoms with van der Waals surface area (Å²) in [5.74, 6) is -3.33. The molecule has 2 aliphatic rings. The molecule has 0 radical (unpaired) electrons. The summed E-state index contributed by atoms with van der Waals surface area (Å²) in [4.78, 5) is 24.1. The van der Waals surface area contributed by atoms with Crippen LogP contribution < -0.4 is 0 Å². The van der Waals surface area contributed by atoms with E-state index in [1.165, 1.54) is 20.8 Å². The first-order chi connectivity index (χ1) is 11.3. The molecule has 2 rings (SSSR count). The Hall–Kier alpha value is -1.64. The lowest BCUT2D eigenvalue weighted by Gasteiger charge is -2.32. The molecule has 1 heterocycles. The van der Waals surface area contributed by atoms with E-state index in [2.05, 4.69) is 5.10 Å². The second-order valence-electron chi connectivity index (χ2n) is 7.54. The minimum Gasteiger partial charge on any atom is -0.453 e. The van der Waals surface area contributed by atoms with E-state index in [1.807, 2.05) is 0 Å². The second kappa shape index (κ2) is 6.59. The van der Waals surface area contributed by atoms with Crippen LogP contribution in [-0.4, -0.2) is 45.2 Å². The van der Waals surface area contributed by atoms with Crippen molar-refractivity contribution in [1.82, 2.24) is 5.01 Å². The van der Waals surface area contributed by atoms with Crippen LogP contribution in [0.3, 0.4) is 0 Å². The van der Waals surface area contributed by atoms with E-state index in [4.69, 9.17) is 4.74 Å². The number of halogens is 3. The fraction of sp³-hybridized carbons (Fsp3) is 0.812. The number of esters is 1. The molecule has 9 heteroatoms. The van der Waals surface area contributed by atoms with Gasteiger partial charge >= 0.3 is 18.1 Å². The predicted octanol–water partition coefficient (Wildman–Crippen LogP) is 2.75. The highest BCUT2D eigenvalue weighted by atomic mass is 19.4. The maximum Gasteiger partial charge on any atom is 0.438 e. The van der Waals surface area contributed by atoms with Crippen LogP contribution in [0.25, 0.3) is 0 Å². The molecule has 1 unspecified atom stereocenters. The Kier molecular flexibility index (Phi) is 5.18. The van der Waals surface area contributed by atoms with Crippen molar-refractivity contribution in [2.75, 3.05) is 0 Å². The highest BCUT2D eigenvalue weighted by molar-refractivity contribution is 6.33. The first-order valence-electron chi connectivity index (χ1n) is 8.29. The van der Waals surface area contributed by atoms with Gasteiger partial charge in [0.1, 0.15) is 5.60 Å². The maximum atomic E-state index is 13.4. The van der Waals surface area contributed by atoms with Gasteiger partial charge in [-0.15, -0.1) is 0 Å². The molecule has 0 aromatic heterocycles. The van der Waals surface area contributed by atoms with Crippen LogP contribution in [0, 0.1) is 5.92 Å². The lowest BCUT2D eigenvalue weighted by molar-refractivity contribution is -0.302. The standard InChI is InChI=1S/C16H23F3N2O4/c1-14(2,3)25-13(23)12(22)21-15(24,16(17,18)19)9-11(20-21)10-7-5-4-6-8-10/h10,24H,4-9H2,1-3H3. The molecular weight excluding hydrogens is 341 g/mol. The Labute approximate surface area is 144 Å². The predicted molar refractivity (Wildman–Crippen MR) is 82.3 cm³/mol. The van der Waals surface area contributed by atoms with E-state index in [0.29, 0.717) is 12.8 Å². The maximum absolute atomic E-state index is 13.4. The molecule has 1 fully saturated rings. The fourth-order valence-electron chi connectivity index (χ4n) is 3.08. The summed E-state index contributed by atoms with van der Waals surface area (Å²) in [6.07, 6.45) is -1.97. The van der Waals surface area contributed by atoms with Crippen molar-refractivity contribution in [2.45, 2.75) is 76.8 Å². The molecule has 0 aromatic rings. The molecule has 142 valence electrons. The third kappa shape index (κ3) is 4.13. The van der Waals surface area contributed by atoms with Gasteiger partial charge in [-0.3, -0.25) is 4.79 Å². The number of rotatable bonds is 1. The SMILES string of the molecule is CC(C)(C)OC(=O)C(=O)N1N=C(C2CCCCC2)CC1(O)C(F)(F)F. The smallest absolute Gasteiger partial charge is 0.438 e. The van der Waals surface area contributed by atoms with Gasteiger partial charge in [-0.1, -0.05) is 19.3 Å². The van der Waals surface area contributed by atoms with Crippen molar-refractivity contribution < 1.29 is 32.6 Å². The molecule has 0 aromatic carbocycles. The minimum absolute atomic E-state index is 0.108. The molecule has 1 atom stereocenters. The number of aliphatic hydroxyl groups is 1. The summed E-state index contributed by atoms with van der Waals surface area (Å²) in [6, 6.07) is 0. The number of carbonyl (C=O) groups excluding carboxylic acids is 2. The van der Waals surface area contributed by atoms with Gasteiger partial charge in [0.05, 0.1) is 0 Å². The van der Waals surface area contributed by atoms with Gasteiger partial charge in [0, 0.05) is 12.1 Å². The molecular formula is C16H23F3N2O4. The van der Waals surface area contributed by atoms with Gasteiger partial charge in [-0.2, -0.15) is 23.3 Å². The van der Waals surface area contributed by atoms with Gasteiger partial charge in [-0.25, -0.2) is 4.79 Å². The summed E-state index contributed by atoms with van der Waals surface area (Å²) in [7, 11) is 0. The van der Waals surface area contributed by atoms with Gasteiger partial charge in [0.25, 0.3) is 5.72 Å². The third-order valence-electron chi connectivity index (χ3n) is 4.30. The van der Waals surface area contributed by atoms with E-state index in [0.717, 1.165) is 19.3 Å². The van der Waals surface area contributed by atoms with Gasteiger partial charge in [-0.05, 0) is 39.5 Å². The molecule has 1 N–H and O–H groups in total. The van der Waals surface area contributed by atoms with E-state index in [9.17, 15) is 27.9 Å². The van der Waals surface area contributed by atoms with Crippen molar-refractivity contribution in [2.24, 2.45) is 11.0 Å². The molecule has 1 saturated carbocycles. The summed E-state index contributed by atoms with van der Waals surface area (Å²) in [5.41, 5.74) is -4.47. The Bertz CT molecular complexity index is 577. The molecule has 1 aliphatic heterocycles. The van der Waals surface area contributed by atoms with Crippen molar-refractivity contribution in [3.05, 3.63) is 0 Å². The Morgan fingerprint density at radius 1 is 1.20 bits per heavy atom. The summed E-state index contributed by atoms with van der Waals surface area (Å²) in [6.45, 7) is 4.44. The highest BCUT2D eigenvalue weighted by Crippen LogP contribution is 2.43. The minimum atomic E-state index is -5.15. The number of alkyl halides is 3. The van der Waals surface area contributed by atoms with Gasteiger partial charge < -0.3 is 9.84 Å². The lowest BCUT2D eigenvalue weighted by atomic mass is 9.83. The highest BCUT2D eigenvalue weighted by Gasteiger charge is 2.64. The number of hydrogen-bond donors (Lipinski definition) is 1. The number of hydrogen-bond acceptors (Lipinski definition) is 5. The largest absolute Gasteiger partial charge is 0.453 e. The van der Waals surface area contributed by atoms with Crippen LogP contribution >= 0.6 is 0 Å². The summed E-state index contributed by atoms with van der Waals surface area (Å²) in [5, 5.41) is 13.7. The van der Waals surface area contributed by atoms with E-state index < -0.39 is 35.8 Å². The zero-order valence-electron chi connectivity index (χ0n) is 14.5. The Morgan fingerprint density at radius 2 is 1.76 bits per heavy atom.